The van der Waals surface area contributed by atoms with Gasteiger partial charge in [0.1, 0.15) is 11.6 Å². The molecule has 0 saturated carbocycles. The minimum absolute atomic E-state index is 0.0773. The van der Waals surface area contributed by atoms with Gasteiger partial charge in [-0.1, -0.05) is 67.6 Å². The number of hydrogen-bond donors (Lipinski definition) is 0. The van der Waals surface area contributed by atoms with Crippen LogP contribution in [0.1, 0.15) is 53.6 Å². The van der Waals surface area contributed by atoms with Crippen LogP contribution in [0.25, 0.3) is 16.6 Å². The van der Waals surface area contributed by atoms with Crippen molar-refractivity contribution >= 4 is 16.8 Å². The number of aryl methyl sites for hydroxylation is 1. The molecule has 0 bridgehead atoms. The summed E-state index contributed by atoms with van der Waals surface area (Å²) in [4.78, 5) is 35.3. The van der Waals surface area contributed by atoms with E-state index in [-0.39, 0.29) is 11.5 Å². The summed E-state index contributed by atoms with van der Waals surface area (Å²) in [6, 6.07) is 32.2. The maximum absolute atomic E-state index is 14.3. The van der Waals surface area contributed by atoms with Crippen LogP contribution in [0.4, 0.5) is 0 Å². The number of nitrogens with zero attached hydrogens (tertiary/aromatic N) is 3. The Morgan fingerprint density at radius 1 is 0.878 bits per heavy atom. The van der Waals surface area contributed by atoms with E-state index in [1.165, 1.54) is 0 Å². The monoisotopic (exact) mass is 545 g/mol. The number of hydrogen-bond acceptors (Lipinski definition) is 4. The number of ether oxygens (including phenoxy) is 1. The van der Waals surface area contributed by atoms with Crippen LogP contribution >= 0.6 is 0 Å². The minimum Gasteiger partial charge on any atom is -0.494 e. The highest BCUT2D eigenvalue weighted by atomic mass is 16.5. The molecule has 5 aromatic rings. The summed E-state index contributed by atoms with van der Waals surface area (Å²) in [7, 11) is 0. The quantitative estimate of drug-likeness (QED) is 0.191. The van der Waals surface area contributed by atoms with Gasteiger partial charge in [0.15, 0.2) is 0 Å². The number of amides is 1. The SMILES string of the molecule is CCOc1ccc(-n2c(C(CC)N(CCc3ccccc3)C(=O)c3ccccc3C)nc3ccccc3c2=O)cc1. The molecule has 0 fully saturated rings. The number of aromatic nitrogens is 2. The Kier molecular flexibility index (Phi) is 8.59. The van der Waals surface area contributed by atoms with Crippen molar-refractivity contribution in [3.63, 3.8) is 0 Å². The topological polar surface area (TPSA) is 64.4 Å². The molecule has 1 aromatic heterocycles. The normalized spacial score (nSPS) is 11.8. The van der Waals surface area contributed by atoms with Gasteiger partial charge in [0, 0.05) is 12.1 Å². The van der Waals surface area contributed by atoms with Crippen molar-refractivity contribution in [3.8, 4) is 11.4 Å². The Hall–Kier alpha value is -4.71. The van der Waals surface area contributed by atoms with Crippen LogP contribution in [-0.2, 0) is 6.42 Å². The average molecular weight is 546 g/mol. The fourth-order valence-electron chi connectivity index (χ4n) is 5.28. The molecule has 0 aliphatic carbocycles. The summed E-state index contributed by atoms with van der Waals surface area (Å²) in [5, 5.41) is 0.529. The number of rotatable bonds is 10. The minimum atomic E-state index is -0.449. The van der Waals surface area contributed by atoms with Gasteiger partial charge in [0.2, 0.25) is 0 Å². The molecule has 1 atom stereocenters. The van der Waals surface area contributed by atoms with Gasteiger partial charge in [0.25, 0.3) is 11.5 Å². The molecule has 0 saturated heterocycles. The zero-order valence-electron chi connectivity index (χ0n) is 23.8. The number of carbonyl (C=O) groups excluding carboxylic acids is 1. The smallest absolute Gasteiger partial charge is 0.266 e. The number of fused-ring (bicyclic) bond motifs is 1. The maximum atomic E-state index is 14.3. The summed E-state index contributed by atoms with van der Waals surface area (Å²) >= 11 is 0. The van der Waals surface area contributed by atoms with Gasteiger partial charge in [-0.05, 0) is 80.3 Å². The zero-order chi connectivity index (χ0) is 28.8. The van der Waals surface area contributed by atoms with Crippen molar-refractivity contribution in [2.45, 2.75) is 39.7 Å². The largest absolute Gasteiger partial charge is 0.494 e. The molecular formula is C35H35N3O3. The van der Waals surface area contributed by atoms with Crippen LogP contribution in [0.3, 0.4) is 0 Å². The van der Waals surface area contributed by atoms with E-state index in [0.717, 1.165) is 16.9 Å². The molecule has 6 nitrogen and oxygen atoms in total. The first-order valence-corrected chi connectivity index (χ1v) is 14.2. The number of benzene rings is 4. The van der Waals surface area contributed by atoms with E-state index in [0.29, 0.717) is 54.0 Å². The van der Waals surface area contributed by atoms with E-state index in [1.54, 1.807) is 10.6 Å². The van der Waals surface area contributed by atoms with E-state index in [9.17, 15) is 9.59 Å². The summed E-state index contributed by atoms with van der Waals surface area (Å²) in [5.74, 6) is 1.19. The average Bonchev–Trinajstić information content (AvgIpc) is 3.00. The van der Waals surface area contributed by atoms with E-state index < -0.39 is 6.04 Å². The van der Waals surface area contributed by atoms with E-state index in [2.05, 4.69) is 12.1 Å². The van der Waals surface area contributed by atoms with Gasteiger partial charge >= 0.3 is 0 Å². The molecule has 0 radical (unpaired) electrons. The lowest BCUT2D eigenvalue weighted by molar-refractivity contribution is 0.0661. The van der Waals surface area contributed by atoms with Crippen LogP contribution < -0.4 is 10.3 Å². The molecule has 4 aromatic carbocycles. The molecule has 1 amide bonds. The predicted molar refractivity (Wildman–Crippen MR) is 164 cm³/mol. The van der Waals surface area contributed by atoms with Gasteiger partial charge in [-0.3, -0.25) is 14.2 Å². The molecular weight excluding hydrogens is 510 g/mol. The highest BCUT2D eigenvalue weighted by Crippen LogP contribution is 2.29. The van der Waals surface area contributed by atoms with E-state index in [1.807, 2.05) is 111 Å². The lowest BCUT2D eigenvalue weighted by Crippen LogP contribution is -2.40. The summed E-state index contributed by atoms with van der Waals surface area (Å²) in [6.07, 6.45) is 1.25. The molecule has 0 spiro atoms. The Morgan fingerprint density at radius 3 is 2.27 bits per heavy atom. The lowest BCUT2D eigenvalue weighted by atomic mass is 10.0. The van der Waals surface area contributed by atoms with Gasteiger partial charge in [-0.25, -0.2) is 4.98 Å². The second-order valence-electron chi connectivity index (χ2n) is 10.0. The third-order valence-corrected chi connectivity index (χ3v) is 7.39. The molecule has 0 aliphatic heterocycles. The standard InChI is InChI=1S/C35H35N3O3/c1-4-32(37(24-23-26-14-7-6-8-15-26)34(39)29-16-10-9-13-25(29)3)33-36-31-18-12-11-17-30(31)35(40)38(33)27-19-21-28(22-20-27)41-5-2/h6-22,32H,4-5,23-24H2,1-3H3. The second-order valence-corrected chi connectivity index (χ2v) is 10.0. The molecule has 0 N–H and O–H groups in total. The van der Waals surface area contributed by atoms with Crippen molar-refractivity contribution in [1.29, 1.82) is 0 Å². The Bertz CT molecular complexity index is 1690. The maximum Gasteiger partial charge on any atom is 0.266 e. The predicted octanol–water partition coefficient (Wildman–Crippen LogP) is 6.93. The molecule has 41 heavy (non-hydrogen) atoms. The van der Waals surface area contributed by atoms with Crippen molar-refractivity contribution in [2.24, 2.45) is 0 Å². The Balaban J connectivity index is 1.68. The van der Waals surface area contributed by atoms with Crippen LogP contribution in [0.2, 0.25) is 0 Å². The third kappa shape index (κ3) is 5.92. The fourth-order valence-corrected chi connectivity index (χ4v) is 5.28. The van der Waals surface area contributed by atoms with Crippen molar-refractivity contribution in [1.82, 2.24) is 14.5 Å². The first-order valence-electron chi connectivity index (χ1n) is 14.2. The first-order chi connectivity index (χ1) is 20.0. The zero-order valence-corrected chi connectivity index (χ0v) is 23.8. The van der Waals surface area contributed by atoms with Crippen LogP contribution in [-0.4, -0.2) is 33.5 Å². The van der Waals surface area contributed by atoms with Crippen molar-refractivity contribution in [3.05, 3.63) is 136 Å². The number of para-hydroxylation sites is 1. The third-order valence-electron chi connectivity index (χ3n) is 7.39. The van der Waals surface area contributed by atoms with Crippen molar-refractivity contribution < 1.29 is 9.53 Å². The Labute approximate surface area is 240 Å². The van der Waals surface area contributed by atoms with Crippen molar-refractivity contribution in [2.75, 3.05) is 13.2 Å². The second kappa shape index (κ2) is 12.6. The molecule has 208 valence electrons. The number of carbonyl (C=O) groups is 1. The van der Waals surface area contributed by atoms with Gasteiger partial charge < -0.3 is 9.64 Å². The lowest BCUT2D eigenvalue weighted by Gasteiger charge is -2.33. The fraction of sp³-hybridized carbons (Fsp3) is 0.229. The van der Waals surface area contributed by atoms with Gasteiger partial charge in [-0.2, -0.15) is 0 Å². The summed E-state index contributed by atoms with van der Waals surface area (Å²) in [5.41, 5.74) is 3.82. The molecule has 5 rings (SSSR count). The Morgan fingerprint density at radius 2 is 1.56 bits per heavy atom. The summed E-state index contributed by atoms with van der Waals surface area (Å²) < 4.78 is 7.30. The van der Waals surface area contributed by atoms with E-state index in [4.69, 9.17) is 9.72 Å². The van der Waals surface area contributed by atoms with Crippen LogP contribution in [0.15, 0.2) is 108 Å². The van der Waals surface area contributed by atoms with Crippen LogP contribution in [0.5, 0.6) is 5.75 Å². The first kappa shape index (κ1) is 27.8. The molecule has 0 aliphatic rings. The highest BCUT2D eigenvalue weighted by Gasteiger charge is 2.30. The van der Waals surface area contributed by atoms with Gasteiger partial charge in [-0.15, -0.1) is 0 Å². The molecule has 1 heterocycles. The van der Waals surface area contributed by atoms with Crippen LogP contribution in [0, 0.1) is 6.92 Å². The molecule has 6 heteroatoms. The molecule has 1 unspecified atom stereocenters. The van der Waals surface area contributed by atoms with Gasteiger partial charge in [0.05, 0.1) is 29.2 Å². The highest BCUT2D eigenvalue weighted by molar-refractivity contribution is 5.96. The van der Waals surface area contributed by atoms with E-state index >= 15 is 0 Å². The summed E-state index contributed by atoms with van der Waals surface area (Å²) in [6.45, 7) is 6.95.